The number of thiophene rings is 3. The van der Waals surface area contributed by atoms with Gasteiger partial charge in [0.25, 0.3) is 0 Å². The number of nitrogens with two attached hydrogens (primary N) is 3. The average Bonchev–Trinajstić information content (AvgIpc) is 1.65. The molecule has 12 aromatic heterocycles. The zero-order chi connectivity index (χ0) is 63.1. The van der Waals surface area contributed by atoms with Crippen molar-refractivity contribution in [3.63, 3.8) is 0 Å². The predicted octanol–water partition coefficient (Wildman–Crippen LogP) is 13.5. The van der Waals surface area contributed by atoms with Crippen LogP contribution in [-0.4, -0.2) is 116 Å². The third-order valence-corrected chi connectivity index (χ3v) is 26.6. The van der Waals surface area contributed by atoms with Crippen LogP contribution in [-0.2, 0) is 63.0 Å². The smallest absolute Gasteiger partial charge is 0.141 e. The number of imidazole rings is 3. The Morgan fingerprint density at radius 2 is 0.889 bits per heavy atom. The Kier molecular flexibility index (Phi) is 19.4. The Bertz CT molecular complexity index is 4160. The molecular formula is C61H67N15O5S9. The van der Waals surface area contributed by atoms with E-state index in [1.54, 1.807) is 55.5 Å². The molecule has 2 fully saturated rings. The summed E-state index contributed by atoms with van der Waals surface area (Å²) in [4.78, 5) is 44.1. The Balaban J connectivity index is 0.000000131. The van der Waals surface area contributed by atoms with Gasteiger partial charge in [-0.05, 0) is 50.3 Å². The Hall–Kier alpha value is -6.38. The van der Waals surface area contributed by atoms with Crippen molar-refractivity contribution >= 4 is 148 Å². The molecule has 6 N–H and O–H groups in total. The average molecular weight is 1380 g/mol. The highest BCUT2D eigenvalue weighted by molar-refractivity contribution is 7.88. The van der Waals surface area contributed by atoms with Gasteiger partial charge in [-0.3, -0.25) is 12.6 Å². The Morgan fingerprint density at radius 1 is 0.533 bits per heavy atom. The summed E-state index contributed by atoms with van der Waals surface area (Å²) < 4.78 is 57.2. The summed E-state index contributed by atoms with van der Waals surface area (Å²) >= 11 is 8.84. The van der Waals surface area contributed by atoms with Gasteiger partial charge in [0, 0.05) is 126 Å². The number of fused-ring (bicyclic) bond motifs is 3. The monoisotopic (exact) mass is 1380 g/mol. The van der Waals surface area contributed by atoms with Gasteiger partial charge >= 0.3 is 0 Å². The van der Waals surface area contributed by atoms with E-state index in [9.17, 15) is 12.6 Å². The fourth-order valence-corrected chi connectivity index (χ4v) is 20.4. The van der Waals surface area contributed by atoms with Crippen molar-refractivity contribution in [1.29, 1.82) is 0 Å². The van der Waals surface area contributed by atoms with Gasteiger partial charge in [-0.1, -0.05) is 27.2 Å². The van der Waals surface area contributed by atoms with Crippen molar-refractivity contribution in [3.05, 3.63) is 89.0 Å². The van der Waals surface area contributed by atoms with Crippen LogP contribution >= 0.6 is 68.0 Å². The number of hydrogen-bond donors (Lipinski definition) is 3. The van der Waals surface area contributed by atoms with Crippen LogP contribution < -0.4 is 17.2 Å². The van der Waals surface area contributed by atoms with Crippen molar-refractivity contribution in [2.24, 2.45) is 21.1 Å². The molecule has 0 aliphatic heterocycles. The van der Waals surface area contributed by atoms with E-state index in [0.29, 0.717) is 67.8 Å². The molecule has 0 spiro atoms. The van der Waals surface area contributed by atoms with Crippen LogP contribution in [0.15, 0.2) is 84.1 Å². The van der Waals surface area contributed by atoms with E-state index in [2.05, 4.69) is 72.5 Å². The SMILES string of the molecule is CCCCS(=O)c1sc2nc(-c3nccs3)cc(-c3cnc(C4CC4)n3C)c2c1N.COCCS(=O)c1sc2nc(-c3nccs3)cc(-c3cnc(C(C)C)n3C)c2c1N.COCCS(=O)c1sc2nc(-c3nccs3)cc(-c3cnc(C4CC4)n3C)c2c1N. The normalized spacial score (nSPS) is 14.4. The first-order valence-corrected chi connectivity index (χ1v) is 38.2. The lowest BCUT2D eigenvalue weighted by molar-refractivity contribution is 0.218. The molecular weight excluding hydrogens is 1310 g/mol. The number of nitrogens with zero attached hydrogens (tertiary/aromatic N) is 12. The second-order valence-corrected chi connectivity index (χ2v) is 33.0. The second kappa shape index (κ2) is 27.4. The molecule has 0 saturated heterocycles. The van der Waals surface area contributed by atoms with Crippen LogP contribution in [0.4, 0.5) is 17.1 Å². The number of thiazole rings is 3. The van der Waals surface area contributed by atoms with Gasteiger partial charge in [0.15, 0.2) is 0 Å². The highest BCUT2D eigenvalue weighted by Crippen LogP contribution is 2.48. The molecule has 2 aliphatic rings. The zero-order valence-electron chi connectivity index (χ0n) is 50.8. The van der Waals surface area contributed by atoms with Gasteiger partial charge in [-0.2, -0.15) is 0 Å². The van der Waals surface area contributed by atoms with E-state index in [1.807, 2.05) is 61.0 Å². The number of anilines is 3. The summed E-state index contributed by atoms with van der Waals surface area (Å²) in [6, 6.07) is 6.09. The maximum absolute atomic E-state index is 12.9. The van der Waals surface area contributed by atoms with Crippen molar-refractivity contribution in [3.8, 4) is 65.9 Å². The molecule has 470 valence electrons. The van der Waals surface area contributed by atoms with Gasteiger partial charge < -0.3 is 40.4 Å². The van der Waals surface area contributed by atoms with Crippen molar-refractivity contribution in [2.75, 3.05) is 61.9 Å². The van der Waals surface area contributed by atoms with E-state index >= 15 is 0 Å². The molecule has 2 saturated carbocycles. The maximum atomic E-state index is 12.9. The van der Waals surface area contributed by atoms with Gasteiger partial charge in [0.2, 0.25) is 0 Å². The van der Waals surface area contributed by atoms with Gasteiger partial charge in [0.05, 0.1) is 110 Å². The molecule has 3 atom stereocenters. The Labute approximate surface area is 551 Å². The predicted molar refractivity (Wildman–Crippen MR) is 373 cm³/mol. The number of rotatable bonds is 21. The van der Waals surface area contributed by atoms with E-state index in [4.69, 9.17) is 46.6 Å². The van der Waals surface area contributed by atoms with Crippen LogP contribution in [0.5, 0.6) is 0 Å². The number of unbranched alkanes of at least 4 members (excludes halogenated alkanes) is 1. The number of nitrogen functional groups attached to an aromatic ring is 3. The number of ether oxygens (including phenoxy) is 2. The topological polar surface area (TPSA) is 279 Å². The minimum Gasteiger partial charge on any atom is -0.396 e. The molecule has 0 radical (unpaired) electrons. The third kappa shape index (κ3) is 12.8. The lowest BCUT2D eigenvalue weighted by Gasteiger charge is -2.11. The molecule has 0 amide bonds. The van der Waals surface area contributed by atoms with Gasteiger partial charge in [-0.15, -0.1) is 68.0 Å². The molecule has 90 heavy (non-hydrogen) atoms. The minimum atomic E-state index is -1.25. The van der Waals surface area contributed by atoms with Crippen molar-refractivity contribution in [1.82, 2.24) is 58.6 Å². The molecule has 0 aromatic carbocycles. The number of pyridine rings is 3. The number of hydrogen-bond acceptors (Lipinski definition) is 23. The lowest BCUT2D eigenvalue weighted by atomic mass is 10.1. The summed E-state index contributed by atoms with van der Waals surface area (Å²) in [6.45, 7) is 7.16. The van der Waals surface area contributed by atoms with Crippen LogP contribution in [0.3, 0.4) is 0 Å². The summed E-state index contributed by atoms with van der Waals surface area (Å²) in [5, 5.41) is 10.9. The Morgan fingerprint density at radius 3 is 1.20 bits per heavy atom. The van der Waals surface area contributed by atoms with Crippen LogP contribution in [0.25, 0.3) is 96.5 Å². The first-order valence-electron chi connectivity index (χ1n) is 29.2. The molecule has 20 nitrogen and oxygen atoms in total. The van der Waals surface area contributed by atoms with Gasteiger partial charge in [0.1, 0.15) is 76.7 Å². The largest absolute Gasteiger partial charge is 0.396 e. The van der Waals surface area contributed by atoms with Gasteiger partial charge in [-0.25, -0.2) is 44.9 Å². The number of methoxy groups -OCH3 is 2. The highest BCUT2D eigenvalue weighted by Gasteiger charge is 2.32. The quantitative estimate of drug-likeness (QED) is 0.0603. The van der Waals surface area contributed by atoms with Crippen LogP contribution in [0.2, 0.25) is 0 Å². The minimum absolute atomic E-state index is 0.288. The fourth-order valence-electron chi connectivity index (χ4n) is 10.7. The molecule has 29 heteroatoms. The molecule has 2 aliphatic carbocycles. The standard InChI is InChI=1S/C21H23N5OS3.C20H21N5O2S3.C20H23N5O2S3/c1-3-4-9-30(27)21-17(22)16-13(15-11-24-18(26(15)2)12-5-6-12)10-14(25-20(16)29-21)19-23-7-8-28-19;1-25-14(10-23-17(25)11-3-4-11)12-9-13(18-22-5-7-28-18)24-19-15(12)16(21)20(29-19)30(26)8-6-27-2;1-11(2)17-23-10-14(25(17)3)12-9-13(18-22-5-7-28-18)24-19-15(12)16(21)20(29-19)30(26)8-6-27-4/h7-8,10-12H,3-6,9,22H2,1-2H3;5,7,9-11H,3-4,6,8,21H2,1-2H3;5,7,9-11H,6,8,21H2,1-4H3. The molecule has 14 rings (SSSR count). The van der Waals surface area contributed by atoms with Crippen LogP contribution in [0, 0.1) is 0 Å². The zero-order valence-corrected chi connectivity index (χ0v) is 58.1. The molecule has 0 bridgehead atoms. The maximum Gasteiger partial charge on any atom is 0.141 e. The van der Waals surface area contributed by atoms with E-state index < -0.39 is 32.4 Å². The van der Waals surface area contributed by atoms with Crippen molar-refractivity contribution < 1.29 is 22.1 Å². The van der Waals surface area contributed by atoms with E-state index in [0.717, 1.165) is 131 Å². The highest BCUT2D eigenvalue weighted by atomic mass is 32.2. The van der Waals surface area contributed by atoms with E-state index in [1.165, 1.54) is 71.0 Å². The van der Waals surface area contributed by atoms with Crippen molar-refractivity contribution in [2.45, 2.75) is 89.7 Å². The lowest BCUT2D eigenvalue weighted by Crippen LogP contribution is -2.05. The molecule has 12 heterocycles. The first kappa shape index (κ1) is 63.8. The summed E-state index contributed by atoms with van der Waals surface area (Å²) in [5.74, 6) is 6.01. The van der Waals surface area contributed by atoms with E-state index in [-0.39, 0.29) is 5.92 Å². The van der Waals surface area contributed by atoms with Crippen LogP contribution in [0.1, 0.15) is 94.5 Å². The fraction of sp³-hybridized carbons (Fsp3) is 0.361. The summed E-state index contributed by atoms with van der Waals surface area (Å²) in [7, 11) is 5.71. The second-order valence-electron chi connectivity index (χ2n) is 22.0. The first-order chi connectivity index (χ1) is 43.6. The third-order valence-electron chi connectivity index (χ3n) is 15.5. The molecule has 3 unspecified atom stereocenters. The molecule has 12 aromatic rings. The summed E-state index contributed by atoms with van der Waals surface area (Å²) in [5.41, 5.74) is 29.5. The number of aromatic nitrogens is 12. The summed E-state index contributed by atoms with van der Waals surface area (Å²) in [6.07, 6.45) is 17.7.